The standard InChI is InChI=1S/C13H8N3/c14-16-11-6-5-10-7-9-3-1-2-4-12(9)15-13(10)8-11/h1-8H/q+1. The number of hydrogen-bond acceptors (Lipinski definition) is 2. The number of rotatable bonds is 0. The maximum atomic E-state index is 8.71. The van der Waals surface area contributed by atoms with Crippen molar-refractivity contribution in [3.05, 3.63) is 53.5 Å². The first-order valence-corrected chi connectivity index (χ1v) is 5.01. The van der Waals surface area contributed by atoms with Crippen molar-refractivity contribution in [2.45, 2.75) is 0 Å². The van der Waals surface area contributed by atoms with Gasteiger partial charge in [-0.1, -0.05) is 18.2 Å². The van der Waals surface area contributed by atoms with Crippen LogP contribution in [0.4, 0.5) is 5.69 Å². The summed E-state index contributed by atoms with van der Waals surface area (Å²) in [7, 11) is 0. The highest BCUT2D eigenvalue weighted by atomic mass is 14.8. The molecule has 0 unspecified atom stereocenters. The Bertz CT molecular complexity index is 726. The van der Waals surface area contributed by atoms with Crippen LogP contribution in [0.2, 0.25) is 0 Å². The average Bonchev–Trinajstić information content (AvgIpc) is 2.35. The Hall–Kier alpha value is -2.47. The lowest BCUT2D eigenvalue weighted by atomic mass is 10.1. The van der Waals surface area contributed by atoms with Gasteiger partial charge in [0.05, 0.1) is 17.1 Å². The lowest BCUT2D eigenvalue weighted by molar-refractivity contribution is 1.45. The Balaban J connectivity index is 2.43. The third kappa shape index (κ3) is 1.29. The fourth-order valence-corrected chi connectivity index (χ4v) is 1.82. The van der Waals surface area contributed by atoms with E-state index in [2.05, 4.69) is 16.0 Å². The van der Waals surface area contributed by atoms with Crippen molar-refractivity contribution in [1.29, 1.82) is 5.39 Å². The van der Waals surface area contributed by atoms with Crippen molar-refractivity contribution in [3.8, 4) is 0 Å². The number of para-hydroxylation sites is 1. The molecule has 2 aromatic carbocycles. The smallest absolute Gasteiger partial charge is 0.247 e. The first-order chi connectivity index (χ1) is 7.86. The van der Waals surface area contributed by atoms with E-state index in [-0.39, 0.29) is 0 Å². The fourth-order valence-electron chi connectivity index (χ4n) is 1.82. The number of fused-ring (bicyclic) bond motifs is 2. The second-order valence-corrected chi connectivity index (χ2v) is 3.66. The summed E-state index contributed by atoms with van der Waals surface area (Å²) in [5, 5.41) is 10.9. The van der Waals surface area contributed by atoms with E-state index < -0.39 is 0 Å². The van der Waals surface area contributed by atoms with Gasteiger partial charge in [-0.3, -0.25) is 0 Å². The molecule has 3 heteroatoms. The van der Waals surface area contributed by atoms with Crippen LogP contribution in [0, 0.1) is 5.39 Å². The second kappa shape index (κ2) is 3.28. The topological polar surface area (TPSA) is 41.0 Å². The molecular formula is C13H8N3+. The van der Waals surface area contributed by atoms with Crippen LogP contribution in [0.3, 0.4) is 0 Å². The number of benzene rings is 2. The molecule has 0 saturated heterocycles. The fraction of sp³-hybridized carbons (Fsp3) is 0. The molecule has 0 aliphatic heterocycles. The summed E-state index contributed by atoms with van der Waals surface area (Å²) in [6.45, 7) is 0. The van der Waals surface area contributed by atoms with Crippen LogP contribution in [0.1, 0.15) is 0 Å². The molecule has 16 heavy (non-hydrogen) atoms. The van der Waals surface area contributed by atoms with Gasteiger partial charge in [0.2, 0.25) is 5.39 Å². The van der Waals surface area contributed by atoms with Gasteiger partial charge in [0, 0.05) is 16.8 Å². The van der Waals surface area contributed by atoms with Crippen molar-refractivity contribution >= 4 is 27.5 Å². The van der Waals surface area contributed by atoms with E-state index >= 15 is 0 Å². The first kappa shape index (κ1) is 8.81. The molecule has 0 amide bonds. The van der Waals surface area contributed by atoms with Crippen LogP contribution in [-0.2, 0) is 0 Å². The summed E-state index contributed by atoms with van der Waals surface area (Å²) in [6, 6.07) is 15.5. The average molecular weight is 206 g/mol. The van der Waals surface area contributed by atoms with Crippen molar-refractivity contribution in [2.24, 2.45) is 0 Å². The molecule has 0 spiro atoms. The minimum atomic E-state index is 0.523. The molecule has 0 radical (unpaired) electrons. The van der Waals surface area contributed by atoms with Gasteiger partial charge in [-0.25, -0.2) is 4.98 Å². The summed E-state index contributed by atoms with van der Waals surface area (Å²) in [5.74, 6) is 0. The van der Waals surface area contributed by atoms with Crippen LogP contribution < -0.4 is 0 Å². The molecule has 0 N–H and O–H groups in total. The zero-order chi connectivity index (χ0) is 11.0. The van der Waals surface area contributed by atoms with Crippen LogP contribution in [-0.4, -0.2) is 4.98 Å². The van der Waals surface area contributed by atoms with Gasteiger partial charge in [-0.15, -0.1) is 0 Å². The van der Waals surface area contributed by atoms with Crippen LogP contribution >= 0.6 is 0 Å². The highest BCUT2D eigenvalue weighted by molar-refractivity contribution is 5.93. The summed E-state index contributed by atoms with van der Waals surface area (Å²) < 4.78 is 0. The van der Waals surface area contributed by atoms with Crippen LogP contribution in [0.25, 0.3) is 26.8 Å². The van der Waals surface area contributed by atoms with Crippen molar-refractivity contribution in [3.63, 3.8) is 0 Å². The number of nitrogens with zero attached hydrogens (tertiary/aromatic N) is 3. The van der Waals surface area contributed by atoms with Crippen LogP contribution in [0.5, 0.6) is 0 Å². The van der Waals surface area contributed by atoms with E-state index in [1.54, 1.807) is 12.1 Å². The Kier molecular flexibility index (Phi) is 1.81. The SMILES string of the molecule is N#[N+]c1ccc2cc3ccccc3nc2c1. The van der Waals surface area contributed by atoms with Crippen LogP contribution in [0.15, 0.2) is 48.5 Å². The maximum Gasteiger partial charge on any atom is 0.387 e. The van der Waals surface area contributed by atoms with E-state index in [1.165, 1.54) is 0 Å². The Morgan fingerprint density at radius 3 is 2.56 bits per heavy atom. The molecule has 3 nitrogen and oxygen atoms in total. The summed E-state index contributed by atoms with van der Waals surface area (Å²) in [5.41, 5.74) is 2.31. The van der Waals surface area contributed by atoms with Crippen molar-refractivity contribution in [2.75, 3.05) is 0 Å². The van der Waals surface area contributed by atoms with E-state index in [1.807, 2.05) is 30.3 Å². The maximum absolute atomic E-state index is 8.71. The van der Waals surface area contributed by atoms with Gasteiger partial charge in [0.15, 0.2) is 4.98 Å². The largest absolute Gasteiger partial charge is 0.387 e. The number of diazo groups is 1. The second-order valence-electron chi connectivity index (χ2n) is 3.66. The van der Waals surface area contributed by atoms with E-state index in [4.69, 9.17) is 5.39 Å². The molecule has 0 fully saturated rings. The van der Waals surface area contributed by atoms with E-state index in [0.717, 1.165) is 21.8 Å². The lowest BCUT2D eigenvalue weighted by Gasteiger charge is -1.99. The van der Waals surface area contributed by atoms with E-state index in [9.17, 15) is 0 Å². The van der Waals surface area contributed by atoms with Gasteiger partial charge >= 0.3 is 5.69 Å². The molecule has 0 aliphatic rings. The Morgan fingerprint density at radius 1 is 0.875 bits per heavy atom. The molecule has 3 aromatic rings. The number of aromatic nitrogens is 1. The molecule has 1 aromatic heterocycles. The summed E-state index contributed by atoms with van der Waals surface area (Å²) >= 11 is 0. The van der Waals surface area contributed by atoms with Gasteiger partial charge in [0.1, 0.15) is 0 Å². The minimum Gasteiger partial charge on any atom is -0.247 e. The molecule has 1 heterocycles. The summed E-state index contributed by atoms with van der Waals surface area (Å²) in [6.07, 6.45) is 0. The molecule has 0 saturated carbocycles. The number of hydrogen-bond donors (Lipinski definition) is 0. The summed E-state index contributed by atoms with van der Waals surface area (Å²) in [4.78, 5) is 7.68. The predicted molar refractivity (Wildman–Crippen MR) is 64.0 cm³/mol. The Labute approximate surface area is 92.0 Å². The van der Waals surface area contributed by atoms with Gasteiger partial charge in [-0.2, -0.15) is 0 Å². The monoisotopic (exact) mass is 206 g/mol. The van der Waals surface area contributed by atoms with Gasteiger partial charge in [-0.05, 0) is 18.2 Å². The first-order valence-electron chi connectivity index (χ1n) is 5.01. The quantitative estimate of drug-likeness (QED) is 0.413. The predicted octanol–water partition coefficient (Wildman–Crippen LogP) is 3.87. The minimum absolute atomic E-state index is 0.523. The zero-order valence-electron chi connectivity index (χ0n) is 8.46. The lowest BCUT2D eigenvalue weighted by Crippen LogP contribution is -1.81. The van der Waals surface area contributed by atoms with Gasteiger partial charge in [0.25, 0.3) is 0 Å². The normalized spacial score (nSPS) is 10.4. The van der Waals surface area contributed by atoms with Gasteiger partial charge < -0.3 is 0 Å². The third-order valence-corrected chi connectivity index (χ3v) is 2.62. The molecule has 0 atom stereocenters. The molecular weight excluding hydrogens is 198 g/mol. The Morgan fingerprint density at radius 2 is 1.69 bits per heavy atom. The van der Waals surface area contributed by atoms with Crippen molar-refractivity contribution < 1.29 is 0 Å². The highest BCUT2D eigenvalue weighted by Gasteiger charge is 2.06. The van der Waals surface area contributed by atoms with Crippen molar-refractivity contribution in [1.82, 2.24) is 4.98 Å². The van der Waals surface area contributed by atoms with E-state index in [0.29, 0.717) is 5.69 Å². The number of pyridine rings is 1. The zero-order valence-corrected chi connectivity index (χ0v) is 8.46. The third-order valence-electron chi connectivity index (χ3n) is 2.62. The highest BCUT2D eigenvalue weighted by Crippen LogP contribution is 2.23. The molecule has 0 bridgehead atoms. The molecule has 74 valence electrons. The molecule has 3 rings (SSSR count). The molecule has 0 aliphatic carbocycles.